The lowest BCUT2D eigenvalue weighted by atomic mass is 9.83. The maximum Gasteiger partial charge on any atom is 0.129 e. The van der Waals surface area contributed by atoms with E-state index in [1.54, 1.807) is 0 Å². The zero-order chi connectivity index (χ0) is 13.8. The number of halogens is 2. The summed E-state index contributed by atoms with van der Waals surface area (Å²) in [5.74, 6) is 1.52. The monoisotopic (exact) mass is 327 g/mol. The van der Waals surface area contributed by atoms with Crippen LogP contribution in [0.4, 0.5) is 4.39 Å². The fraction of sp³-hybridized carbons (Fsp3) is 0.625. The Labute approximate surface area is 124 Å². The van der Waals surface area contributed by atoms with Gasteiger partial charge in [0.25, 0.3) is 0 Å². The van der Waals surface area contributed by atoms with Gasteiger partial charge in [-0.05, 0) is 50.3 Å². The zero-order valence-electron chi connectivity index (χ0n) is 11.8. The topological polar surface area (TPSA) is 12.0 Å². The lowest BCUT2D eigenvalue weighted by Crippen LogP contribution is -2.28. The summed E-state index contributed by atoms with van der Waals surface area (Å²) >= 11 is 3.29. The van der Waals surface area contributed by atoms with Gasteiger partial charge in [-0.15, -0.1) is 0 Å². The number of hydrogen-bond donors (Lipinski definition) is 1. The van der Waals surface area contributed by atoms with Crippen LogP contribution in [0, 0.1) is 17.7 Å². The second-order valence-electron chi connectivity index (χ2n) is 5.92. The fourth-order valence-electron chi connectivity index (χ4n) is 2.84. The molecule has 0 radical (unpaired) electrons. The van der Waals surface area contributed by atoms with E-state index in [1.807, 2.05) is 19.1 Å². The molecule has 0 aliphatic heterocycles. The third-order valence-electron chi connectivity index (χ3n) is 4.28. The number of nitrogens with one attached hydrogen (secondary N) is 1. The van der Waals surface area contributed by atoms with E-state index in [0.29, 0.717) is 0 Å². The number of hydrogen-bond acceptors (Lipinski definition) is 1. The molecule has 1 aromatic rings. The highest BCUT2D eigenvalue weighted by Gasteiger charge is 2.19. The second-order valence-corrected chi connectivity index (χ2v) is 6.84. The molecule has 1 nitrogen and oxygen atoms in total. The van der Waals surface area contributed by atoms with Gasteiger partial charge in [-0.2, -0.15) is 0 Å². The fourth-order valence-corrected chi connectivity index (χ4v) is 3.17. The van der Waals surface area contributed by atoms with Crippen molar-refractivity contribution in [1.29, 1.82) is 0 Å². The quantitative estimate of drug-likeness (QED) is 0.814. The van der Waals surface area contributed by atoms with E-state index in [9.17, 15) is 4.39 Å². The second kappa shape index (κ2) is 6.85. The van der Waals surface area contributed by atoms with Gasteiger partial charge in [-0.1, -0.05) is 41.8 Å². The normalized spacial score (nSPS) is 25.3. The summed E-state index contributed by atoms with van der Waals surface area (Å²) in [5, 5.41) is 3.49. The molecule has 1 aromatic carbocycles. The van der Waals surface area contributed by atoms with E-state index >= 15 is 0 Å². The predicted octanol–water partition coefficient (Wildman–Crippen LogP) is 5.07. The van der Waals surface area contributed by atoms with Gasteiger partial charge in [0, 0.05) is 16.1 Å². The van der Waals surface area contributed by atoms with Crippen LogP contribution in [0.1, 0.15) is 51.1 Å². The van der Waals surface area contributed by atoms with E-state index in [-0.39, 0.29) is 11.9 Å². The molecule has 1 atom stereocenters. The van der Waals surface area contributed by atoms with Crippen molar-refractivity contribution in [2.75, 3.05) is 6.54 Å². The first kappa shape index (κ1) is 15.0. The summed E-state index contributed by atoms with van der Waals surface area (Å²) in [4.78, 5) is 0. The standard InChI is InChI=1S/C16H23BrFN/c1-11-3-5-13(6-4-11)10-19-12(2)15-8-7-14(17)9-16(15)18/h7-9,11-13,19H,3-6,10H2,1-2H3. The van der Waals surface area contributed by atoms with E-state index in [0.717, 1.165) is 28.4 Å². The molecule has 19 heavy (non-hydrogen) atoms. The predicted molar refractivity (Wildman–Crippen MR) is 81.6 cm³/mol. The third kappa shape index (κ3) is 4.28. The molecular formula is C16H23BrFN. The highest BCUT2D eigenvalue weighted by Crippen LogP contribution is 2.28. The highest BCUT2D eigenvalue weighted by atomic mass is 79.9. The van der Waals surface area contributed by atoms with Crippen LogP contribution in [0.15, 0.2) is 22.7 Å². The third-order valence-corrected chi connectivity index (χ3v) is 4.77. The molecule has 0 heterocycles. The van der Waals surface area contributed by atoms with Crippen LogP contribution < -0.4 is 5.32 Å². The smallest absolute Gasteiger partial charge is 0.129 e. The summed E-state index contributed by atoms with van der Waals surface area (Å²) in [6.45, 7) is 5.38. The van der Waals surface area contributed by atoms with Gasteiger partial charge in [-0.25, -0.2) is 4.39 Å². The molecule has 1 saturated carbocycles. The van der Waals surface area contributed by atoms with Gasteiger partial charge >= 0.3 is 0 Å². The van der Waals surface area contributed by atoms with Crippen molar-refractivity contribution >= 4 is 15.9 Å². The summed E-state index contributed by atoms with van der Waals surface area (Å²) in [6, 6.07) is 5.38. The lowest BCUT2D eigenvalue weighted by Gasteiger charge is -2.27. The van der Waals surface area contributed by atoms with Gasteiger partial charge in [0.05, 0.1) is 0 Å². The first-order valence-electron chi connectivity index (χ1n) is 7.24. The molecule has 3 heteroatoms. The van der Waals surface area contributed by atoms with Crippen molar-refractivity contribution in [2.45, 2.75) is 45.6 Å². The average molecular weight is 328 g/mol. The molecule has 0 spiro atoms. The highest BCUT2D eigenvalue weighted by molar-refractivity contribution is 9.10. The van der Waals surface area contributed by atoms with Crippen LogP contribution in [0.3, 0.4) is 0 Å². The van der Waals surface area contributed by atoms with Crippen LogP contribution in [-0.2, 0) is 0 Å². The van der Waals surface area contributed by atoms with Crippen LogP contribution in [-0.4, -0.2) is 6.54 Å². The van der Waals surface area contributed by atoms with Gasteiger partial charge < -0.3 is 5.32 Å². The van der Waals surface area contributed by atoms with Crippen LogP contribution in [0.25, 0.3) is 0 Å². The van der Waals surface area contributed by atoms with Gasteiger partial charge in [-0.3, -0.25) is 0 Å². The van der Waals surface area contributed by atoms with Crippen molar-refractivity contribution in [3.63, 3.8) is 0 Å². The summed E-state index contributed by atoms with van der Waals surface area (Å²) < 4.78 is 14.6. The largest absolute Gasteiger partial charge is 0.310 e. The lowest BCUT2D eigenvalue weighted by molar-refractivity contribution is 0.275. The molecule has 1 fully saturated rings. The molecule has 0 bridgehead atoms. The molecular weight excluding hydrogens is 305 g/mol. The number of benzene rings is 1. The minimum Gasteiger partial charge on any atom is -0.310 e. The minimum absolute atomic E-state index is 0.0763. The molecule has 0 aromatic heterocycles. The molecule has 0 saturated heterocycles. The Balaban J connectivity index is 1.85. The van der Waals surface area contributed by atoms with Gasteiger partial charge in [0.2, 0.25) is 0 Å². The Bertz CT molecular complexity index is 413. The zero-order valence-corrected chi connectivity index (χ0v) is 13.3. The van der Waals surface area contributed by atoms with Crippen molar-refractivity contribution in [2.24, 2.45) is 11.8 Å². The molecule has 1 unspecified atom stereocenters. The van der Waals surface area contributed by atoms with Crippen molar-refractivity contribution in [3.05, 3.63) is 34.1 Å². The summed E-state index contributed by atoms with van der Waals surface area (Å²) in [7, 11) is 0. The van der Waals surface area contributed by atoms with Crippen LogP contribution >= 0.6 is 15.9 Å². The Hall–Kier alpha value is -0.410. The molecule has 1 aliphatic carbocycles. The minimum atomic E-state index is -0.133. The van der Waals surface area contributed by atoms with E-state index in [2.05, 4.69) is 28.2 Å². The average Bonchev–Trinajstić information content (AvgIpc) is 2.37. The summed E-state index contributed by atoms with van der Waals surface area (Å²) in [5.41, 5.74) is 0.757. The SMILES string of the molecule is CC1CCC(CNC(C)c2ccc(Br)cc2F)CC1. The molecule has 1 aliphatic rings. The maximum absolute atomic E-state index is 13.8. The Morgan fingerprint density at radius 3 is 2.63 bits per heavy atom. The van der Waals surface area contributed by atoms with Crippen LogP contribution in [0.5, 0.6) is 0 Å². The Morgan fingerprint density at radius 1 is 1.32 bits per heavy atom. The van der Waals surface area contributed by atoms with Gasteiger partial charge in [0.15, 0.2) is 0 Å². The molecule has 106 valence electrons. The van der Waals surface area contributed by atoms with E-state index in [1.165, 1.54) is 31.7 Å². The molecule has 1 N–H and O–H groups in total. The van der Waals surface area contributed by atoms with Crippen molar-refractivity contribution in [3.8, 4) is 0 Å². The Kier molecular flexibility index (Phi) is 5.40. The van der Waals surface area contributed by atoms with Gasteiger partial charge in [0.1, 0.15) is 5.82 Å². The number of rotatable bonds is 4. The first-order valence-corrected chi connectivity index (χ1v) is 8.04. The van der Waals surface area contributed by atoms with Crippen molar-refractivity contribution < 1.29 is 4.39 Å². The summed E-state index contributed by atoms with van der Waals surface area (Å²) in [6.07, 6.45) is 5.30. The van der Waals surface area contributed by atoms with E-state index < -0.39 is 0 Å². The molecule has 0 amide bonds. The molecule has 2 rings (SSSR count). The van der Waals surface area contributed by atoms with E-state index in [4.69, 9.17) is 0 Å². The Morgan fingerprint density at radius 2 is 2.00 bits per heavy atom. The maximum atomic E-state index is 13.8. The first-order chi connectivity index (χ1) is 9.06. The van der Waals surface area contributed by atoms with Crippen molar-refractivity contribution in [1.82, 2.24) is 5.32 Å². The van der Waals surface area contributed by atoms with Crippen LogP contribution in [0.2, 0.25) is 0 Å².